The van der Waals surface area contributed by atoms with E-state index in [-0.39, 0.29) is 0 Å². The Bertz CT molecular complexity index is 518. The van der Waals surface area contributed by atoms with Gasteiger partial charge in [-0.1, -0.05) is 34.1 Å². The zero-order chi connectivity index (χ0) is 11.7. The van der Waals surface area contributed by atoms with Crippen LogP contribution in [0, 0.1) is 0 Å². The summed E-state index contributed by atoms with van der Waals surface area (Å²) in [6, 6.07) is 8.28. The molecule has 1 nitrogen and oxygen atoms in total. The molecule has 0 aliphatic carbocycles. The molecule has 1 aromatic carbocycles. The van der Waals surface area contributed by atoms with Crippen LogP contribution in [-0.4, -0.2) is 10.7 Å². The Morgan fingerprint density at radius 2 is 2.18 bits per heavy atom. The normalized spacial score (nSPS) is 19.7. The molecule has 0 spiro atoms. The molecule has 1 aromatic heterocycles. The third-order valence-corrected chi connectivity index (χ3v) is 6.06. The van der Waals surface area contributed by atoms with E-state index < -0.39 is 0 Å². The Balaban J connectivity index is 1.92. The van der Waals surface area contributed by atoms with Gasteiger partial charge in [0.2, 0.25) is 0 Å². The predicted molar refractivity (Wildman–Crippen MR) is 79.7 cm³/mol. The Labute approximate surface area is 118 Å². The first-order chi connectivity index (χ1) is 8.34. The maximum atomic E-state index is 4.79. The Kier molecular flexibility index (Phi) is 3.54. The van der Waals surface area contributed by atoms with Gasteiger partial charge >= 0.3 is 0 Å². The van der Waals surface area contributed by atoms with Gasteiger partial charge in [0.1, 0.15) is 5.01 Å². The smallest absolute Gasteiger partial charge is 0.106 e. The third-order valence-electron chi connectivity index (χ3n) is 2.88. The second-order valence-corrected chi connectivity index (χ2v) is 7.11. The van der Waals surface area contributed by atoms with Crippen molar-refractivity contribution in [1.82, 2.24) is 4.98 Å². The average Bonchev–Trinajstić information content (AvgIpc) is 3.00. The number of thiazole rings is 1. The van der Waals surface area contributed by atoms with Crippen LogP contribution in [0.1, 0.15) is 23.1 Å². The zero-order valence-electron chi connectivity index (χ0n) is 9.23. The van der Waals surface area contributed by atoms with Crippen LogP contribution in [0.15, 0.2) is 34.1 Å². The maximum Gasteiger partial charge on any atom is 0.106 e. The molecular formula is C13H12BrNS2. The van der Waals surface area contributed by atoms with Crippen LogP contribution in [0.25, 0.3) is 11.3 Å². The topological polar surface area (TPSA) is 12.9 Å². The number of aromatic nitrogens is 1. The van der Waals surface area contributed by atoms with E-state index in [4.69, 9.17) is 4.98 Å². The summed E-state index contributed by atoms with van der Waals surface area (Å²) in [6.07, 6.45) is 2.62. The minimum Gasteiger partial charge on any atom is -0.240 e. The van der Waals surface area contributed by atoms with Crippen LogP contribution in [0.3, 0.4) is 0 Å². The molecule has 0 amide bonds. The molecule has 1 unspecified atom stereocenters. The molecule has 2 heterocycles. The molecule has 88 valence electrons. The molecule has 0 saturated carbocycles. The molecule has 1 aliphatic heterocycles. The zero-order valence-corrected chi connectivity index (χ0v) is 12.4. The van der Waals surface area contributed by atoms with E-state index in [1.807, 2.05) is 17.8 Å². The lowest BCUT2D eigenvalue weighted by molar-refractivity contribution is 0.823. The Morgan fingerprint density at radius 3 is 2.94 bits per heavy atom. The molecule has 4 heteroatoms. The molecule has 0 bridgehead atoms. The molecular weight excluding hydrogens is 314 g/mol. The molecule has 1 fully saturated rings. The van der Waals surface area contributed by atoms with Crippen molar-refractivity contribution in [2.75, 3.05) is 5.75 Å². The fourth-order valence-corrected chi connectivity index (χ4v) is 4.84. The Hall–Kier alpha value is -0.320. The van der Waals surface area contributed by atoms with Crippen molar-refractivity contribution in [1.29, 1.82) is 0 Å². The summed E-state index contributed by atoms with van der Waals surface area (Å²) in [7, 11) is 0. The lowest BCUT2D eigenvalue weighted by atomic mass is 10.2. The van der Waals surface area contributed by atoms with Gasteiger partial charge in [-0.25, -0.2) is 4.98 Å². The van der Waals surface area contributed by atoms with E-state index in [9.17, 15) is 0 Å². The van der Waals surface area contributed by atoms with E-state index >= 15 is 0 Å². The molecule has 17 heavy (non-hydrogen) atoms. The first kappa shape index (κ1) is 11.8. The van der Waals surface area contributed by atoms with Gasteiger partial charge in [0, 0.05) is 15.4 Å². The van der Waals surface area contributed by atoms with Crippen LogP contribution < -0.4 is 0 Å². The number of benzene rings is 1. The van der Waals surface area contributed by atoms with Gasteiger partial charge in [-0.05, 0) is 24.7 Å². The van der Waals surface area contributed by atoms with Gasteiger partial charge in [-0.3, -0.25) is 0 Å². The number of nitrogens with zero attached hydrogens (tertiary/aromatic N) is 1. The van der Waals surface area contributed by atoms with E-state index in [0.29, 0.717) is 5.25 Å². The SMILES string of the molecule is Brc1ccccc1-c1csc(C2CCCS2)n1. The molecule has 1 saturated heterocycles. The summed E-state index contributed by atoms with van der Waals surface area (Å²) in [5.41, 5.74) is 2.29. The highest BCUT2D eigenvalue weighted by Gasteiger charge is 2.21. The number of hydrogen-bond acceptors (Lipinski definition) is 3. The summed E-state index contributed by atoms with van der Waals surface area (Å²) < 4.78 is 1.12. The monoisotopic (exact) mass is 325 g/mol. The van der Waals surface area contributed by atoms with Gasteiger partial charge in [0.05, 0.1) is 10.9 Å². The van der Waals surface area contributed by atoms with Crippen LogP contribution in [0.2, 0.25) is 0 Å². The van der Waals surface area contributed by atoms with E-state index in [2.05, 4.69) is 39.5 Å². The van der Waals surface area contributed by atoms with E-state index in [1.165, 1.54) is 29.2 Å². The molecule has 0 radical (unpaired) electrons. The van der Waals surface area contributed by atoms with Gasteiger partial charge in [-0.15, -0.1) is 11.3 Å². The van der Waals surface area contributed by atoms with E-state index in [0.717, 1.165) is 10.2 Å². The van der Waals surface area contributed by atoms with Crippen molar-refractivity contribution in [2.45, 2.75) is 18.1 Å². The van der Waals surface area contributed by atoms with Gasteiger partial charge in [0.25, 0.3) is 0 Å². The fourth-order valence-electron chi connectivity index (χ4n) is 2.00. The largest absolute Gasteiger partial charge is 0.240 e. The number of rotatable bonds is 2. The van der Waals surface area contributed by atoms with Crippen molar-refractivity contribution >= 4 is 39.0 Å². The second kappa shape index (κ2) is 5.12. The summed E-state index contributed by atoms with van der Waals surface area (Å²) in [6.45, 7) is 0. The molecule has 1 aliphatic rings. The quantitative estimate of drug-likeness (QED) is 0.758. The third kappa shape index (κ3) is 2.44. The standard InChI is InChI=1S/C13H12BrNS2/c14-10-5-2-1-4-9(10)11-8-17-13(15-11)12-6-3-7-16-12/h1-2,4-5,8,12H,3,6-7H2. The number of halogens is 1. The lowest BCUT2D eigenvalue weighted by Gasteiger charge is -2.03. The van der Waals surface area contributed by atoms with Crippen LogP contribution in [-0.2, 0) is 0 Å². The highest BCUT2D eigenvalue weighted by Crippen LogP contribution is 2.42. The minimum absolute atomic E-state index is 0.635. The van der Waals surface area contributed by atoms with Crippen LogP contribution in [0.5, 0.6) is 0 Å². The van der Waals surface area contributed by atoms with Crippen molar-refractivity contribution in [3.05, 3.63) is 39.1 Å². The van der Waals surface area contributed by atoms with E-state index in [1.54, 1.807) is 11.3 Å². The fraction of sp³-hybridized carbons (Fsp3) is 0.308. The first-order valence-corrected chi connectivity index (χ1v) is 8.38. The number of thioether (sulfide) groups is 1. The number of hydrogen-bond donors (Lipinski definition) is 0. The summed E-state index contributed by atoms with van der Waals surface area (Å²) in [5.74, 6) is 1.29. The van der Waals surface area contributed by atoms with Crippen molar-refractivity contribution in [2.24, 2.45) is 0 Å². The van der Waals surface area contributed by atoms with Gasteiger partial charge in [-0.2, -0.15) is 11.8 Å². The first-order valence-electron chi connectivity index (χ1n) is 5.66. The highest BCUT2D eigenvalue weighted by molar-refractivity contribution is 9.10. The maximum absolute atomic E-state index is 4.79. The minimum atomic E-state index is 0.635. The van der Waals surface area contributed by atoms with Crippen molar-refractivity contribution < 1.29 is 0 Å². The van der Waals surface area contributed by atoms with Crippen molar-refractivity contribution in [3.8, 4) is 11.3 Å². The summed E-state index contributed by atoms with van der Waals surface area (Å²) >= 11 is 7.43. The van der Waals surface area contributed by atoms with Crippen molar-refractivity contribution in [3.63, 3.8) is 0 Å². The Morgan fingerprint density at radius 1 is 1.29 bits per heavy atom. The van der Waals surface area contributed by atoms with Crippen LogP contribution in [0.4, 0.5) is 0 Å². The molecule has 1 atom stereocenters. The predicted octanol–water partition coefficient (Wildman–Crippen LogP) is 5.14. The summed E-state index contributed by atoms with van der Waals surface area (Å²) in [5, 5.41) is 4.10. The lowest BCUT2D eigenvalue weighted by Crippen LogP contribution is -1.87. The molecule has 0 N–H and O–H groups in total. The second-order valence-electron chi connectivity index (χ2n) is 4.05. The van der Waals surface area contributed by atoms with Gasteiger partial charge < -0.3 is 0 Å². The van der Waals surface area contributed by atoms with Gasteiger partial charge in [0.15, 0.2) is 0 Å². The highest BCUT2D eigenvalue weighted by atomic mass is 79.9. The van der Waals surface area contributed by atoms with Crippen LogP contribution >= 0.6 is 39.0 Å². The summed E-state index contributed by atoms with van der Waals surface area (Å²) in [4.78, 5) is 4.79. The molecule has 2 aromatic rings. The molecule has 3 rings (SSSR count). The average molecular weight is 326 g/mol.